The lowest BCUT2D eigenvalue weighted by Gasteiger charge is -2.10. The van der Waals surface area contributed by atoms with Gasteiger partial charge >= 0.3 is 5.97 Å². The third-order valence-corrected chi connectivity index (χ3v) is 2.95. The van der Waals surface area contributed by atoms with Crippen molar-refractivity contribution >= 4 is 5.97 Å². The first-order chi connectivity index (χ1) is 9.51. The average Bonchev–Trinajstić information content (AvgIpc) is 2.44. The highest BCUT2D eigenvalue weighted by Gasteiger charge is 2.09. The summed E-state index contributed by atoms with van der Waals surface area (Å²) in [6, 6.07) is 6.71. The maximum Gasteiger partial charge on any atom is 0.337 e. The van der Waals surface area contributed by atoms with Crippen molar-refractivity contribution in [2.24, 2.45) is 0 Å². The zero-order valence-corrected chi connectivity index (χ0v) is 11.9. The van der Waals surface area contributed by atoms with Crippen LogP contribution in [-0.4, -0.2) is 23.0 Å². The fraction of sp³-hybridized carbons (Fsp3) is 0.267. The predicted molar refractivity (Wildman–Crippen MR) is 74.1 cm³/mol. The van der Waals surface area contributed by atoms with Crippen molar-refractivity contribution < 1.29 is 14.3 Å². The molecule has 0 N–H and O–H groups in total. The molecular weight excluding hydrogens is 256 g/mol. The largest absolute Gasteiger partial charge is 0.465 e. The molecule has 0 aliphatic heterocycles. The Hall–Kier alpha value is -2.43. The zero-order chi connectivity index (χ0) is 14.7. The fourth-order valence-corrected chi connectivity index (χ4v) is 1.73. The second kappa shape index (κ2) is 5.69. The summed E-state index contributed by atoms with van der Waals surface area (Å²) in [5.41, 5.74) is 2.26. The van der Waals surface area contributed by atoms with E-state index < -0.39 is 0 Å². The molecule has 0 fully saturated rings. The van der Waals surface area contributed by atoms with Gasteiger partial charge in [0.1, 0.15) is 11.6 Å². The lowest BCUT2D eigenvalue weighted by atomic mass is 10.2. The first-order valence-electron chi connectivity index (χ1n) is 6.19. The molecule has 1 aromatic carbocycles. The summed E-state index contributed by atoms with van der Waals surface area (Å²) < 4.78 is 10.4. The summed E-state index contributed by atoms with van der Waals surface area (Å²) in [4.78, 5) is 19.9. The number of carbonyl (C=O) groups excluding carboxylic acids is 1. The first-order valence-corrected chi connectivity index (χ1v) is 6.19. The number of benzene rings is 1. The monoisotopic (exact) mass is 272 g/mol. The van der Waals surface area contributed by atoms with Crippen molar-refractivity contribution in [1.29, 1.82) is 0 Å². The van der Waals surface area contributed by atoms with Gasteiger partial charge in [0.2, 0.25) is 5.88 Å². The normalized spacial score (nSPS) is 10.2. The van der Waals surface area contributed by atoms with Gasteiger partial charge < -0.3 is 9.47 Å². The Morgan fingerprint density at radius 2 is 1.70 bits per heavy atom. The molecule has 0 spiro atoms. The van der Waals surface area contributed by atoms with Crippen LogP contribution in [0.2, 0.25) is 0 Å². The molecule has 0 atom stereocenters. The lowest BCUT2D eigenvalue weighted by Crippen LogP contribution is -2.01. The molecule has 2 aromatic rings. The topological polar surface area (TPSA) is 61.3 Å². The summed E-state index contributed by atoms with van der Waals surface area (Å²) in [6.45, 7) is 5.64. The average molecular weight is 272 g/mol. The molecule has 0 saturated heterocycles. The molecule has 0 bridgehead atoms. The Morgan fingerprint density at radius 3 is 2.30 bits per heavy atom. The number of rotatable bonds is 3. The molecule has 1 heterocycles. The number of aromatic nitrogens is 2. The summed E-state index contributed by atoms with van der Waals surface area (Å²) in [7, 11) is 1.35. The molecule has 0 aliphatic carbocycles. The zero-order valence-electron chi connectivity index (χ0n) is 11.9. The number of methoxy groups -OCH3 is 1. The Morgan fingerprint density at radius 1 is 1.05 bits per heavy atom. The van der Waals surface area contributed by atoms with E-state index in [1.807, 2.05) is 20.8 Å². The molecule has 0 unspecified atom stereocenters. The highest BCUT2D eigenvalue weighted by atomic mass is 16.5. The van der Waals surface area contributed by atoms with Gasteiger partial charge in [-0.2, -0.15) is 4.98 Å². The minimum atomic E-state index is -0.374. The molecule has 2 rings (SSSR count). The second-order valence-electron chi connectivity index (χ2n) is 4.40. The van der Waals surface area contributed by atoms with E-state index in [0.717, 1.165) is 11.3 Å². The fourth-order valence-electron chi connectivity index (χ4n) is 1.73. The van der Waals surface area contributed by atoms with Crippen LogP contribution in [0.1, 0.15) is 27.4 Å². The highest BCUT2D eigenvalue weighted by molar-refractivity contribution is 5.89. The molecule has 0 saturated carbocycles. The standard InChI is InChI=1S/C15H16N2O3/c1-9-10(2)16-11(3)17-14(9)20-13-7-5-12(6-8-13)15(18)19-4/h5-8H,1-4H3. The van der Waals surface area contributed by atoms with E-state index in [0.29, 0.717) is 23.0 Å². The molecule has 104 valence electrons. The Bertz CT molecular complexity index is 636. The van der Waals surface area contributed by atoms with E-state index in [1.165, 1.54) is 7.11 Å². The quantitative estimate of drug-likeness (QED) is 0.804. The van der Waals surface area contributed by atoms with Crippen molar-refractivity contribution in [3.8, 4) is 11.6 Å². The number of carbonyl (C=O) groups is 1. The van der Waals surface area contributed by atoms with Gasteiger partial charge in [-0.25, -0.2) is 9.78 Å². The van der Waals surface area contributed by atoms with Crippen LogP contribution < -0.4 is 4.74 Å². The van der Waals surface area contributed by atoms with Gasteiger partial charge in [-0.05, 0) is 45.0 Å². The van der Waals surface area contributed by atoms with E-state index in [2.05, 4.69) is 14.7 Å². The molecule has 5 nitrogen and oxygen atoms in total. The van der Waals surface area contributed by atoms with E-state index in [9.17, 15) is 4.79 Å². The summed E-state index contributed by atoms with van der Waals surface area (Å²) >= 11 is 0. The summed E-state index contributed by atoms with van der Waals surface area (Å²) in [5, 5.41) is 0. The van der Waals surface area contributed by atoms with Gasteiger partial charge in [0.05, 0.1) is 12.7 Å². The SMILES string of the molecule is COC(=O)c1ccc(Oc2nc(C)nc(C)c2C)cc1. The smallest absolute Gasteiger partial charge is 0.337 e. The molecule has 5 heteroatoms. The van der Waals surface area contributed by atoms with Crippen molar-refractivity contribution in [1.82, 2.24) is 9.97 Å². The van der Waals surface area contributed by atoms with Crippen LogP contribution in [0.4, 0.5) is 0 Å². The third kappa shape index (κ3) is 2.93. The van der Waals surface area contributed by atoms with Crippen LogP contribution in [0.15, 0.2) is 24.3 Å². The number of esters is 1. The van der Waals surface area contributed by atoms with Gasteiger partial charge in [0.25, 0.3) is 0 Å². The van der Waals surface area contributed by atoms with E-state index >= 15 is 0 Å². The van der Waals surface area contributed by atoms with Crippen LogP contribution in [0.5, 0.6) is 11.6 Å². The third-order valence-electron chi connectivity index (χ3n) is 2.95. The maximum absolute atomic E-state index is 11.3. The van der Waals surface area contributed by atoms with E-state index in [-0.39, 0.29) is 5.97 Å². The van der Waals surface area contributed by atoms with Crippen LogP contribution in [0.25, 0.3) is 0 Å². The molecule has 0 aliphatic rings. The molecular formula is C15H16N2O3. The van der Waals surface area contributed by atoms with Crippen LogP contribution in [-0.2, 0) is 4.74 Å². The molecule has 0 radical (unpaired) electrons. The van der Waals surface area contributed by atoms with Gasteiger partial charge in [-0.1, -0.05) is 0 Å². The number of ether oxygens (including phenoxy) is 2. The van der Waals surface area contributed by atoms with Crippen molar-refractivity contribution in [3.05, 3.63) is 46.9 Å². The lowest BCUT2D eigenvalue weighted by molar-refractivity contribution is 0.0600. The Labute approximate surface area is 117 Å². The van der Waals surface area contributed by atoms with Crippen LogP contribution in [0, 0.1) is 20.8 Å². The number of hydrogen-bond donors (Lipinski definition) is 0. The van der Waals surface area contributed by atoms with E-state index in [1.54, 1.807) is 24.3 Å². The number of aryl methyl sites for hydroxylation is 2. The minimum Gasteiger partial charge on any atom is -0.465 e. The van der Waals surface area contributed by atoms with Crippen molar-refractivity contribution in [3.63, 3.8) is 0 Å². The maximum atomic E-state index is 11.3. The summed E-state index contributed by atoms with van der Waals surface area (Å²) in [5.74, 6) is 1.43. The van der Waals surface area contributed by atoms with Crippen molar-refractivity contribution in [2.45, 2.75) is 20.8 Å². The van der Waals surface area contributed by atoms with Gasteiger partial charge in [-0.3, -0.25) is 0 Å². The van der Waals surface area contributed by atoms with Crippen molar-refractivity contribution in [2.75, 3.05) is 7.11 Å². The minimum absolute atomic E-state index is 0.374. The second-order valence-corrected chi connectivity index (χ2v) is 4.40. The van der Waals surface area contributed by atoms with Gasteiger partial charge in [0, 0.05) is 11.3 Å². The Balaban J connectivity index is 2.24. The highest BCUT2D eigenvalue weighted by Crippen LogP contribution is 2.24. The predicted octanol–water partition coefficient (Wildman–Crippen LogP) is 2.98. The first kappa shape index (κ1) is 14.0. The van der Waals surface area contributed by atoms with Gasteiger partial charge in [0.15, 0.2) is 0 Å². The van der Waals surface area contributed by atoms with Crippen LogP contribution in [0.3, 0.4) is 0 Å². The Kier molecular flexibility index (Phi) is 3.98. The number of nitrogens with zero attached hydrogens (tertiary/aromatic N) is 2. The number of hydrogen-bond acceptors (Lipinski definition) is 5. The summed E-state index contributed by atoms with van der Waals surface area (Å²) in [6.07, 6.45) is 0. The molecule has 1 aromatic heterocycles. The van der Waals surface area contributed by atoms with Crippen LogP contribution >= 0.6 is 0 Å². The van der Waals surface area contributed by atoms with Gasteiger partial charge in [-0.15, -0.1) is 0 Å². The van der Waals surface area contributed by atoms with E-state index in [4.69, 9.17) is 4.74 Å². The molecule has 0 amide bonds. The molecule has 20 heavy (non-hydrogen) atoms.